The van der Waals surface area contributed by atoms with Gasteiger partial charge in [0.2, 0.25) is 0 Å². The fourth-order valence-electron chi connectivity index (χ4n) is 2.63. The van der Waals surface area contributed by atoms with E-state index in [4.69, 9.17) is 0 Å². The number of fused-ring (bicyclic) bond motifs is 1. The standard InChI is InChI=1S/C18H14N4O4S2/c23-17(19-13-7-8-14-15(10-13)21-18(24)20-14)11-3-5-12(6-4-11)22-28(25,26)16-2-1-9-27-16/h1-10,22H,(H,19,23)(H2,20,21,24). The van der Waals surface area contributed by atoms with Gasteiger partial charge >= 0.3 is 5.69 Å². The number of carbonyl (C=O) groups is 1. The number of nitrogens with one attached hydrogen (secondary N) is 4. The maximum atomic E-state index is 12.4. The zero-order chi connectivity index (χ0) is 19.7. The van der Waals surface area contributed by atoms with E-state index in [0.29, 0.717) is 28.0 Å². The molecular formula is C18H14N4O4S2. The summed E-state index contributed by atoms with van der Waals surface area (Å²) in [6, 6.07) is 14.3. The molecule has 4 aromatic rings. The molecule has 0 unspecified atom stereocenters. The number of thiophene rings is 1. The lowest BCUT2D eigenvalue weighted by molar-refractivity contribution is 0.102. The zero-order valence-electron chi connectivity index (χ0n) is 14.2. The second-order valence-electron chi connectivity index (χ2n) is 5.91. The zero-order valence-corrected chi connectivity index (χ0v) is 15.9. The Kier molecular flexibility index (Phi) is 4.49. The Bertz CT molecular complexity index is 1300. The van der Waals surface area contributed by atoms with E-state index in [9.17, 15) is 18.0 Å². The third-order valence-corrected chi connectivity index (χ3v) is 6.71. The van der Waals surface area contributed by atoms with Crippen LogP contribution in [0.2, 0.25) is 0 Å². The molecule has 28 heavy (non-hydrogen) atoms. The average Bonchev–Trinajstić information content (AvgIpc) is 3.31. The highest BCUT2D eigenvalue weighted by Gasteiger charge is 2.15. The first kappa shape index (κ1) is 18.0. The maximum absolute atomic E-state index is 12.4. The first-order valence-electron chi connectivity index (χ1n) is 8.10. The third-order valence-electron chi connectivity index (χ3n) is 3.93. The van der Waals surface area contributed by atoms with E-state index < -0.39 is 10.0 Å². The van der Waals surface area contributed by atoms with Crippen LogP contribution in [0.5, 0.6) is 0 Å². The van der Waals surface area contributed by atoms with Gasteiger partial charge in [-0.15, -0.1) is 11.3 Å². The van der Waals surface area contributed by atoms with Crippen molar-refractivity contribution >= 4 is 49.7 Å². The molecule has 4 rings (SSSR count). The largest absolute Gasteiger partial charge is 0.323 e. The highest BCUT2D eigenvalue weighted by molar-refractivity contribution is 7.94. The number of imidazole rings is 1. The van der Waals surface area contributed by atoms with Gasteiger partial charge in [0.05, 0.1) is 11.0 Å². The van der Waals surface area contributed by atoms with Crippen LogP contribution >= 0.6 is 11.3 Å². The summed E-state index contributed by atoms with van der Waals surface area (Å²) < 4.78 is 27.1. The van der Waals surface area contributed by atoms with Crippen molar-refractivity contribution in [3.05, 3.63) is 76.0 Å². The van der Waals surface area contributed by atoms with E-state index in [0.717, 1.165) is 11.3 Å². The van der Waals surface area contributed by atoms with Crippen molar-refractivity contribution in [2.24, 2.45) is 0 Å². The summed E-state index contributed by atoms with van der Waals surface area (Å²) in [4.78, 5) is 29.0. The summed E-state index contributed by atoms with van der Waals surface area (Å²) >= 11 is 1.12. The minimum Gasteiger partial charge on any atom is -0.322 e. The van der Waals surface area contributed by atoms with Gasteiger partial charge in [0.1, 0.15) is 4.21 Å². The van der Waals surface area contributed by atoms with E-state index in [1.165, 1.54) is 30.3 Å². The summed E-state index contributed by atoms with van der Waals surface area (Å²) in [6.45, 7) is 0. The second kappa shape index (κ2) is 6.98. The van der Waals surface area contributed by atoms with Gasteiger partial charge in [0, 0.05) is 16.9 Å². The lowest BCUT2D eigenvalue weighted by Gasteiger charge is -2.08. The first-order valence-corrected chi connectivity index (χ1v) is 10.5. The van der Waals surface area contributed by atoms with Gasteiger partial charge < -0.3 is 15.3 Å². The van der Waals surface area contributed by atoms with Gasteiger partial charge in [-0.25, -0.2) is 13.2 Å². The summed E-state index contributed by atoms with van der Waals surface area (Å²) in [7, 11) is -3.63. The number of rotatable bonds is 5. The predicted molar refractivity (Wildman–Crippen MR) is 108 cm³/mol. The van der Waals surface area contributed by atoms with Crippen LogP contribution < -0.4 is 15.7 Å². The van der Waals surface area contributed by atoms with Crippen molar-refractivity contribution in [2.75, 3.05) is 10.0 Å². The lowest BCUT2D eigenvalue weighted by Crippen LogP contribution is -2.13. The topological polar surface area (TPSA) is 124 Å². The van der Waals surface area contributed by atoms with Crippen LogP contribution in [0.1, 0.15) is 10.4 Å². The van der Waals surface area contributed by atoms with E-state index in [1.54, 1.807) is 29.6 Å². The molecule has 0 radical (unpaired) electrons. The summed E-state index contributed by atoms with van der Waals surface area (Å²) in [6.07, 6.45) is 0. The molecule has 0 atom stereocenters. The van der Waals surface area contributed by atoms with Crippen molar-refractivity contribution in [1.82, 2.24) is 9.97 Å². The molecule has 2 aromatic carbocycles. The molecule has 0 aliphatic heterocycles. The van der Waals surface area contributed by atoms with Crippen LogP contribution in [0.25, 0.3) is 11.0 Å². The van der Waals surface area contributed by atoms with Crippen molar-refractivity contribution in [3.63, 3.8) is 0 Å². The van der Waals surface area contributed by atoms with Crippen LogP contribution in [-0.2, 0) is 10.0 Å². The summed E-state index contributed by atoms with van der Waals surface area (Å²) in [5.74, 6) is -0.357. The number of sulfonamides is 1. The molecule has 4 N–H and O–H groups in total. The Morgan fingerprint density at radius 2 is 1.64 bits per heavy atom. The van der Waals surface area contributed by atoms with E-state index >= 15 is 0 Å². The number of hydrogen-bond acceptors (Lipinski definition) is 5. The molecule has 0 aliphatic rings. The number of carbonyl (C=O) groups excluding carboxylic acids is 1. The number of aromatic nitrogens is 2. The summed E-state index contributed by atoms with van der Waals surface area (Å²) in [5.41, 5.74) is 2.15. The van der Waals surface area contributed by atoms with E-state index in [2.05, 4.69) is 20.0 Å². The fraction of sp³-hybridized carbons (Fsp3) is 0. The van der Waals surface area contributed by atoms with Crippen LogP contribution in [0.15, 0.2) is 69.0 Å². The molecule has 2 aromatic heterocycles. The summed E-state index contributed by atoms with van der Waals surface area (Å²) in [5, 5.41) is 4.42. The molecule has 0 fully saturated rings. The van der Waals surface area contributed by atoms with Crippen LogP contribution in [0.3, 0.4) is 0 Å². The van der Waals surface area contributed by atoms with Gasteiger partial charge in [0.25, 0.3) is 15.9 Å². The molecule has 0 saturated carbocycles. The Hall–Kier alpha value is -3.37. The third kappa shape index (κ3) is 3.68. The van der Waals surface area contributed by atoms with Crippen LogP contribution in [0, 0.1) is 0 Å². The van der Waals surface area contributed by atoms with Crippen LogP contribution in [-0.4, -0.2) is 24.3 Å². The lowest BCUT2D eigenvalue weighted by atomic mass is 10.2. The molecular weight excluding hydrogens is 400 g/mol. The first-order chi connectivity index (χ1) is 13.4. The van der Waals surface area contributed by atoms with Crippen molar-refractivity contribution in [1.29, 1.82) is 0 Å². The molecule has 2 heterocycles. The SMILES string of the molecule is O=C(Nc1ccc2[nH]c(=O)[nH]c2c1)c1ccc(NS(=O)(=O)c2cccs2)cc1. The number of hydrogen-bond donors (Lipinski definition) is 4. The average molecular weight is 414 g/mol. The Morgan fingerprint density at radius 3 is 2.36 bits per heavy atom. The van der Waals surface area contributed by atoms with Gasteiger partial charge in [-0.1, -0.05) is 6.07 Å². The monoisotopic (exact) mass is 414 g/mol. The van der Waals surface area contributed by atoms with Crippen LogP contribution in [0.4, 0.5) is 11.4 Å². The highest BCUT2D eigenvalue weighted by Crippen LogP contribution is 2.21. The number of H-pyrrole nitrogens is 2. The Balaban J connectivity index is 1.48. The fourth-order valence-corrected chi connectivity index (χ4v) is 4.68. The van der Waals surface area contributed by atoms with Gasteiger partial charge in [0.15, 0.2) is 0 Å². The molecule has 142 valence electrons. The number of anilines is 2. The predicted octanol–water partition coefficient (Wildman–Crippen LogP) is 2.97. The molecule has 0 bridgehead atoms. The number of amides is 1. The van der Waals surface area contributed by atoms with Gasteiger partial charge in [-0.2, -0.15) is 0 Å². The number of benzene rings is 2. The van der Waals surface area contributed by atoms with Crippen molar-refractivity contribution in [2.45, 2.75) is 4.21 Å². The molecule has 0 aliphatic carbocycles. The quantitative estimate of drug-likeness (QED) is 0.401. The Morgan fingerprint density at radius 1 is 0.929 bits per heavy atom. The normalized spacial score (nSPS) is 11.4. The molecule has 8 nitrogen and oxygen atoms in total. The number of aromatic amines is 2. The molecule has 1 amide bonds. The highest BCUT2D eigenvalue weighted by atomic mass is 32.2. The van der Waals surface area contributed by atoms with Gasteiger partial charge in [-0.05, 0) is 53.9 Å². The van der Waals surface area contributed by atoms with Gasteiger partial charge in [-0.3, -0.25) is 9.52 Å². The minimum absolute atomic E-state index is 0.215. The minimum atomic E-state index is -3.63. The Labute approximate surface area is 163 Å². The van der Waals surface area contributed by atoms with Crippen molar-refractivity contribution in [3.8, 4) is 0 Å². The smallest absolute Gasteiger partial charge is 0.322 e. The molecule has 0 saturated heterocycles. The molecule has 10 heteroatoms. The van der Waals surface area contributed by atoms with E-state index in [1.807, 2.05) is 0 Å². The maximum Gasteiger partial charge on any atom is 0.323 e. The molecule has 0 spiro atoms. The van der Waals surface area contributed by atoms with E-state index in [-0.39, 0.29) is 15.8 Å². The second-order valence-corrected chi connectivity index (χ2v) is 8.77. The van der Waals surface area contributed by atoms with Crippen molar-refractivity contribution < 1.29 is 13.2 Å².